The van der Waals surface area contributed by atoms with Crippen LogP contribution in [-0.2, 0) is 6.18 Å². The average molecular weight is 1090 g/mol. The molecule has 0 atom stereocenters. The molecule has 0 bridgehead atoms. The van der Waals surface area contributed by atoms with Gasteiger partial charge < -0.3 is 59.2 Å². The van der Waals surface area contributed by atoms with Gasteiger partial charge in [-0.05, 0) is 92.4 Å². The number of benzene rings is 5. The minimum atomic E-state index is -4.66. The van der Waals surface area contributed by atoms with E-state index >= 15 is 0 Å². The Morgan fingerprint density at radius 3 is 1.66 bits per heavy atom. The number of amides is 4. The van der Waals surface area contributed by atoms with Gasteiger partial charge in [0.15, 0.2) is 23.0 Å². The van der Waals surface area contributed by atoms with Crippen molar-refractivity contribution in [1.82, 2.24) is 15.3 Å². The van der Waals surface area contributed by atoms with E-state index in [1.165, 1.54) is 6.07 Å². The third kappa shape index (κ3) is 13.4. The van der Waals surface area contributed by atoms with Crippen molar-refractivity contribution in [2.45, 2.75) is 50.7 Å². The topological polar surface area (TPSA) is 229 Å². The monoisotopic (exact) mass is 1090 g/mol. The van der Waals surface area contributed by atoms with E-state index in [9.17, 15) is 22.8 Å². The van der Waals surface area contributed by atoms with Crippen LogP contribution in [0.2, 0.25) is 10.0 Å². The van der Waals surface area contributed by atoms with Crippen molar-refractivity contribution in [3.05, 3.63) is 113 Å². The number of nitriles is 2. The lowest BCUT2D eigenvalue weighted by Gasteiger charge is -2.23. The summed E-state index contributed by atoms with van der Waals surface area (Å²) >= 11 is 12.0. The number of aromatic nitrogens is 2. The predicted octanol–water partition coefficient (Wildman–Crippen LogP) is 13.2. The Morgan fingerprint density at radius 1 is 0.610 bits per heavy atom. The smallest absolute Gasteiger partial charge is 0.417 e. The molecule has 23 heteroatoms. The minimum Gasteiger partial charge on any atom is -0.489 e. The number of hydrogen-bond acceptors (Lipinski definition) is 14. The maximum Gasteiger partial charge on any atom is 0.417 e. The molecule has 1 fully saturated rings. The number of anilines is 3. The normalized spacial score (nSPS) is 13.2. The van der Waals surface area contributed by atoms with E-state index in [-0.39, 0.29) is 17.8 Å². The highest BCUT2D eigenvalue weighted by Gasteiger charge is 2.34. The zero-order valence-electron chi connectivity index (χ0n) is 40.6. The highest BCUT2D eigenvalue weighted by Crippen LogP contribution is 2.50. The summed E-state index contributed by atoms with van der Waals surface area (Å²) in [5.41, 5.74) is 0.908. The molecule has 5 aromatic carbocycles. The fraction of sp³-hybridized carbons (Fsp3) is 0.259. The van der Waals surface area contributed by atoms with E-state index in [0.717, 1.165) is 25.0 Å². The number of fused-ring (bicyclic) bond motifs is 6. The van der Waals surface area contributed by atoms with Crippen molar-refractivity contribution < 1.29 is 60.7 Å². The molecule has 3 aliphatic rings. The second-order valence-electron chi connectivity index (χ2n) is 17.1. The van der Waals surface area contributed by atoms with E-state index in [1.807, 2.05) is 0 Å². The summed E-state index contributed by atoms with van der Waals surface area (Å²) in [5, 5.41) is 29.2. The van der Waals surface area contributed by atoms with Crippen LogP contribution in [0.1, 0.15) is 44.1 Å². The fourth-order valence-corrected chi connectivity index (χ4v) is 8.25. The molecule has 4 N–H and O–H groups in total. The van der Waals surface area contributed by atoms with Crippen LogP contribution in [0.25, 0.3) is 21.8 Å². The zero-order chi connectivity index (χ0) is 53.9. The van der Waals surface area contributed by atoms with Crippen molar-refractivity contribution in [1.29, 1.82) is 10.5 Å². The number of ether oxygens (including phenoxy) is 8. The molecule has 4 amide bonds. The van der Waals surface area contributed by atoms with Gasteiger partial charge in [0, 0.05) is 60.9 Å². The molecule has 2 aromatic heterocycles. The first-order valence-corrected chi connectivity index (χ1v) is 24.8. The Balaban J connectivity index is 0.000000191. The standard InChI is InChI=1S/C29H22ClF3N4O5.C25H23ClN4O5/c30-21-8-5-18(15-20(21)29(31,32)33)37-28(38)36-17-3-6-19(7-4-17)42-23-9-11-35-22-16-24(39-12-2-1-10-34)26-27(25(22)23)41-14-13-40-26;26-17-13-16(5-6-18(17)30-25(31)29-15-3-4-15)35-20-7-9-28-19-14-21(32-10-2-1-8-27)23-24(22(19)20)34-12-11-33-23/h3-9,11,15-16H,1-2,12-14H2,(H2,36,37,38);5-7,9,13-15H,1-4,10-12H2,(H2,29,30,31). The molecule has 0 spiro atoms. The van der Waals surface area contributed by atoms with E-state index in [0.29, 0.717) is 161 Å². The lowest BCUT2D eigenvalue weighted by atomic mass is 10.1. The molecular formula is C54H45Cl2F3N8O10. The summed E-state index contributed by atoms with van der Waals surface area (Å²) in [6, 6.07) is 24.8. The van der Waals surface area contributed by atoms with E-state index in [2.05, 4.69) is 43.4 Å². The maximum absolute atomic E-state index is 13.1. The van der Waals surface area contributed by atoms with Crippen molar-refractivity contribution in [2.75, 3.05) is 55.6 Å². The molecule has 0 radical (unpaired) electrons. The molecule has 2 aliphatic heterocycles. The van der Waals surface area contributed by atoms with Gasteiger partial charge in [0.25, 0.3) is 0 Å². The average Bonchev–Trinajstić information content (AvgIpc) is 4.26. The van der Waals surface area contributed by atoms with Crippen LogP contribution in [0.4, 0.5) is 39.8 Å². The zero-order valence-corrected chi connectivity index (χ0v) is 42.1. The second kappa shape index (κ2) is 24.3. The van der Waals surface area contributed by atoms with E-state index in [1.54, 1.807) is 79.1 Å². The molecule has 7 aromatic rings. The molecule has 4 heterocycles. The third-order valence-electron chi connectivity index (χ3n) is 11.5. The number of pyridine rings is 2. The van der Waals surface area contributed by atoms with Gasteiger partial charge in [0.1, 0.15) is 49.4 Å². The number of urea groups is 2. The summed E-state index contributed by atoms with van der Waals surface area (Å²) in [4.78, 5) is 33.3. The van der Waals surface area contributed by atoms with E-state index in [4.69, 9.17) is 71.6 Å². The number of rotatable bonds is 16. The number of halogens is 5. The van der Waals surface area contributed by atoms with Gasteiger partial charge in [-0.2, -0.15) is 23.7 Å². The number of nitrogens with one attached hydrogen (secondary N) is 4. The first-order chi connectivity index (χ1) is 37.3. The molecule has 10 rings (SSSR count). The Kier molecular flexibility index (Phi) is 16.7. The number of alkyl halides is 3. The van der Waals surface area contributed by atoms with Crippen LogP contribution in [0, 0.1) is 22.7 Å². The van der Waals surface area contributed by atoms with Gasteiger partial charge in [-0.25, -0.2) is 9.59 Å². The minimum absolute atomic E-state index is 0.0704. The Labute approximate surface area is 447 Å². The van der Waals surface area contributed by atoms with Gasteiger partial charge in [0.05, 0.1) is 68.5 Å². The molecule has 77 heavy (non-hydrogen) atoms. The van der Waals surface area contributed by atoms with Gasteiger partial charge in [0.2, 0.25) is 11.5 Å². The molecule has 1 saturated carbocycles. The first-order valence-electron chi connectivity index (χ1n) is 24.0. The van der Waals surface area contributed by atoms with Crippen molar-refractivity contribution in [2.24, 2.45) is 0 Å². The van der Waals surface area contributed by atoms with Gasteiger partial charge >= 0.3 is 18.2 Å². The Morgan fingerprint density at radius 2 is 1.13 bits per heavy atom. The number of carbonyl (C=O) groups is 2. The molecule has 1 aliphatic carbocycles. The summed E-state index contributed by atoms with van der Waals surface area (Å²) in [5.74, 6) is 4.68. The van der Waals surface area contributed by atoms with Crippen LogP contribution in [0.3, 0.4) is 0 Å². The highest BCUT2D eigenvalue weighted by molar-refractivity contribution is 6.34. The Bertz CT molecular complexity index is 3410. The lowest BCUT2D eigenvalue weighted by Crippen LogP contribution is -2.30. The van der Waals surface area contributed by atoms with Crippen molar-refractivity contribution in [3.8, 4) is 69.6 Å². The highest BCUT2D eigenvalue weighted by atomic mass is 35.5. The fourth-order valence-electron chi connectivity index (χ4n) is 7.81. The van der Waals surface area contributed by atoms with Gasteiger partial charge in [-0.15, -0.1) is 0 Å². The molecular weight excluding hydrogens is 1050 g/mol. The summed E-state index contributed by atoms with van der Waals surface area (Å²) in [6.07, 6.45) is 2.50. The van der Waals surface area contributed by atoms with Crippen LogP contribution in [-0.4, -0.2) is 67.7 Å². The van der Waals surface area contributed by atoms with Gasteiger partial charge in [-0.3, -0.25) is 9.97 Å². The lowest BCUT2D eigenvalue weighted by molar-refractivity contribution is -0.137. The molecule has 18 nitrogen and oxygen atoms in total. The first kappa shape index (κ1) is 53.1. The van der Waals surface area contributed by atoms with Crippen molar-refractivity contribution >= 4 is 74.1 Å². The number of hydrogen-bond donors (Lipinski definition) is 4. The largest absolute Gasteiger partial charge is 0.489 e. The van der Waals surface area contributed by atoms with Crippen LogP contribution >= 0.6 is 23.2 Å². The van der Waals surface area contributed by atoms with Crippen LogP contribution in [0.15, 0.2) is 97.3 Å². The third-order valence-corrected chi connectivity index (χ3v) is 12.1. The molecule has 396 valence electrons. The maximum atomic E-state index is 13.1. The SMILES string of the molecule is N#CCCCOc1cc2nccc(Oc3ccc(NC(=O)NC4CC4)c(Cl)c3)c2c2c1OCCO2.N#CCCCOc1cc2nccc(Oc3ccc(NC(=O)Nc4ccc(Cl)c(C(F)(F)F)c4)cc3)c2c2c1OCCO2. The summed E-state index contributed by atoms with van der Waals surface area (Å²) < 4.78 is 86.9. The Hall–Kier alpha value is -8.79. The number of nitrogens with zero attached hydrogens (tertiary/aromatic N) is 4. The van der Waals surface area contributed by atoms with E-state index < -0.39 is 22.8 Å². The summed E-state index contributed by atoms with van der Waals surface area (Å²) in [7, 11) is 0. The molecule has 0 saturated heterocycles. The van der Waals surface area contributed by atoms with Gasteiger partial charge in [-0.1, -0.05) is 23.2 Å². The summed E-state index contributed by atoms with van der Waals surface area (Å²) in [6.45, 7) is 2.14. The second-order valence-corrected chi connectivity index (χ2v) is 17.9. The number of carbonyl (C=O) groups excluding carboxylic acids is 2. The molecule has 0 unspecified atom stereocenters. The van der Waals surface area contributed by atoms with Crippen molar-refractivity contribution in [3.63, 3.8) is 0 Å². The predicted molar refractivity (Wildman–Crippen MR) is 278 cm³/mol. The number of unbranched alkanes of at least 4 members (excludes halogenated alkanes) is 2. The van der Waals surface area contributed by atoms with Crippen LogP contribution < -0.4 is 59.2 Å². The van der Waals surface area contributed by atoms with Crippen LogP contribution in [0.5, 0.6) is 57.5 Å². The quantitative estimate of drug-likeness (QED) is 0.0660.